The zero-order valence-corrected chi connectivity index (χ0v) is 19.6. The van der Waals surface area contributed by atoms with Gasteiger partial charge in [0.15, 0.2) is 0 Å². The summed E-state index contributed by atoms with van der Waals surface area (Å²) in [6.07, 6.45) is 5.14. The van der Waals surface area contributed by atoms with Crippen LogP contribution in [0.25, 0.3) is 10.2 Å². The van der Waals surface area contributed by atoms with E-state index in [2.05, 4.69) is 50.8 Å². The van der Waals surface area contributed by atoms with Crippen molar-refractivity contribution in [3.63, 3.8) is 0 Å². The van der Waals surface area contributed by atoms with Crippen molar-refractivity contribution in [2.24, 2.45) is 0 Å². The molecule has 27 heavy (non-hydrogen) atoms. The fourth-order valence-corrected chi connectivity index (χ4v) is 6.42. The highest BCUT2D eigenvalue weighted by Gasteiger charge is 2.37. The third-order valence-electron chi connectivity index (χ3n) is 5.09. The molecular formula is C20H20Br2N2OS2. The first kappa shape index (κ1) is 19.7. The number of aromatic nitrogens is 2. The van der Waals surface area contributed by atoms with Crippen LogP contribution >= 0.6 is 39.0 Å². The van der Waals surface area contributed by atoms with Crippen LogP contribution in [-0.2, 0) is 25.1 Å². The first-order chi connectivity index (χ1) is 12.8. The number of aryl methyl sites for hydroxylation is 2. The molecule has 7 heteroatoms. The predicted octanol–water partition coefficient (Wildman–Crippen LogP) is 1.91. The lowest BCUT2D eigenvalue weighted by Gasteiger charge is -2.10. The van der Waals surface area contributed by atoms with E-state index in [0.717, 1.165) is 33.5 Å². The number of alkyl halides is 1. The predicted molar refractivity (Wildman–Crippen MR) is 111 cm³/mol. The maximum absolute atomic E-state index is 6.36. The molecule has 0 N–H and O–H groups in total. The molecule has 0 spiro atoms. The molecule has 0 amide bonds. The van der Waals surface area contributed by atoms with Crippen LogP contribution in [0.5, 0.6) is 5.88 Å². The van der Waals surface area contributed by atoms with E-state index in [1.165, 1.54) is 47.1 Å². The fraction of sp³-hybridized carbons (Fsp3) is 0.400. The van der Waals surface area contributed by atoms with Crippen LogP contribution in [0.3, 0.4) is 0 Å². The highest BCUT2D eigenvalue weighted by Crippen LogP contribution is 2.41. The molecule has 1 atom stereocenters. The lowest BCUT2D eigenvalue weighted by Crippen LogP contribution is -3.00. The van der Waals surface area contributed by atoms with Crippen LogP contribution in [0.1, 0.15) is 28.8 Å². The van der Waals surface area contributed by atoms with Gasteiger partial charge in [0.2, 0.25) is 4.83 Å². The lowest BCUT2D eigenvalue weighted by atomic mass is 9.97. The second-order valence-electron chi connectivity index (χ2n) is 6.87. The largest absolute Gasteiger partial charge is 1.00 e. The summed E-state index contributed by atoms with van der Waals surface area (Å²) in [5, 5.41) is 3.22. The van der Waals surface area contributed by atoms with Crippen molar-refractivity contribution in [3.8, 4) is 5.88 Å². The molecule has 3 nitrogen and oxygen atoms in total. The summed E-state index contributed by atoms with van der Waals surface area (Å²) in [6.45, 7) is 0.880. The molecular weight excluding hydrogens is 508 g/mol. The molecule has 3 heterocycles. The number of benzene rings is 1. The Morgan fingerprint density at radius 3 is 2.85 bits per heavy atom. The van der Waals surface area contributed by atoms with Gasteiger partial charge in [0.1, 0.15) is 18.0 Å². The zero-order valence-electron chi connectivity index (χ0n) is 14.8. The third-order valence-corrected chi connectivity index (χ3v) is 8.04. The Kier molecular flexibility index (Phi) is 6.12. The van der Waals surface area contributed by atoms with Gasteiger partial charge in [-0.05, 0) is 53.6 Å². The average Bonchev–Trinajstić information content (AvgIpc) is 3.27. The summed E-state index contributed by atoms with van der Waals surface area (Å²) in [6, 6.07) is 10.6. The minimum absolute atomic E-state index is 0. The summed E-state index contributed by atoms with van der Waals surface area (Å²) in [7, 11) is 0. The number of thioether (sulfide) groups is 1. The van der Waals surface area contributed by atoms with Gasteiger partial charge in [-0.1, -0.05) is 57.6 Å². The van der Waals surface area contributed by atoms with Gasteiger partial charge in [0.05, 0.1) is 0 Å². The van der Waals surface area contributed by atoms with Gasteiger partial charge in [0, 0.05) is 16.0 Å². The summed E-state index contributed by atoms with van der Waals surface area (Å²) in [5.74, 6) is 1.98. The maximum Gasteiger partial charge on any atom is 0.364 e. The van der Waals surface area contributed by atoms with Gasteiger partial charge in [-0.3, -0.25) is 0 Å². The monoisotopic (exact) mass is 526 g/mol. The zero-order chi connectivity index (χ0) is 17.5. The van der Waals surface area contributed by atoms with Crippen LogP contribution in [0, 0.1) is 0 Å². The van der Waals surface area contributed by atoms with Crippen molar-refractivity contribution in [1.82, 2.24) is 4.98 Å². The highest BCUT2D eigenvalue weighted by molar-refractivity contribution is 9.09. The molecule has 0 fully saturated rings. The Balaban J connectivity index is 0.00000180. The summed E-state index contributed by atoms with van der Waals surface area (Å²) in [4.78, 5) is 7.77. The summed E-state index contributed by atoms with van der Waals surface area (Å²) < 4.78 is 8.66. The van der Waals surface area contributed by atoms with Crippen LogP contribution < -0.4 is 26.3 Å². The van der Waals surface area contributed by atoms with Crippen LogP contribution in [-0.4, -0.2) is 16.4 Å². The van der Waals surface area contributed by atoms with E-state index >= 15 is 0 Å². The van der Waals surface area contributed by atoms with Gasteiger partial charge >= 0.3 is 5.16 Å². The van der Waals surface area contributed by atoms with Crippen LogP contribution in [0.15, 0.2) is 35.5 Å². The molecule has 1 aromatic carbocycles. The number of ether oxygens (including phenoxy) is 1. The Morgan fingerprint density at radius 1 is 1.22 bits per heavy atom. The Labute approximate surface area is 186 Å². The second kappa shape index (κ2) is 8.39. The van der Waals surface area contributed by atoms with Gasteiger partial charge < -0.3 is 21.7 Å². The molecule has 1 aliphatic heterocycles. The van der Waals surface area contributed by atoms with Crippen LogP contribution in [0.4, 0.5) is 0 Å². The number of hydrogen-bond donors (Lipinski definition) is 0. The average molecular weight is 528 g/mol. The molecule has 0 saturated heterocycles. The maximum atomic E-state index is 6.36. The number of rotatable bonds is 4. The van der Waals surface area contributed by atoms with E-state index < -0.39 is 0 Å². The van der Waals surface area contributed by atoms with Gasteiger partial charge in [0.25, 0.3) is 5.88 Å². The smallest absolute Gasteiger partial charge is 0.364 e. The molecule has 3 aromatic rings. The molecule has 0 radical (unpaired) electrons. The first-order valence-corrected chi connectivity index (χ1v) is 12.0. The summed E-state index contributed by atoms with van der Waals surface area (Å²) in [5.41, 5.74) is 2.83. The minimum Gasteiger partial charge on any atom is -1.00 e. The van der Waals surface area contributed by atoms with Gasteiger partial charge in [-0.15, -0.1) is 0 Å². The van der Waals surface area contributed by atoms with E-state index in [0.29, 0.717) is 0 Å². The Bertz CT molecular complexity index is 962. The van der Waals surface area contributed by atoms with E-state index in [1.54, 1.807) is 0 Å². The van der Waals surface area contributed by atoms with Crippen LogP contribution in [0.2, 0.25) is 0 Å². The number of hydrogen-bond acceptors (Lipinski definition) is 4. The van der Waals surface area contributed by atoms with Crippen molar-refractivity contribution in [2.45, 2.75) is 49.2 Å². The number of fused-ring (bicyclic) bond motifs is 5. The molecule has 1 aliphatic carbocycles. The fourth-order valence-electron chi connectivity index (χ4n) is 3.81. The lowest BCUT2D eigenvalue weighted by molar-refractivity contribution is -0.721. The normalized spacial score (nSPS) is 17.9. The molecule has 2 aromatic heterocycles. The molecule has 1 unspecified atom stereocenters. The topological polar surface area (TPSA) is 26.0 Å². The molecule has 5 rings (SSSR count). The van der Waals surface area contributed by atoms with Gasteiger partial charge in [-0.2, -0.15) is 4.57 Å². The number of halogens is 2. The van der Waals surface area contributed by atoms with Gasteiger partial charge in [-0.25, -0.2) is 0 Å². The number of nitrogens with zero attached hydrogens (tertiary/aromatic N) is 2. The van der Waals surface area contributed by atoms with E-state index in [1.807, 2.05) is 23.1 Å². The second-order valence-corrected chi connectivity index (χ2v) is 9.54. The van der Waals surface area contributed by atoms with Crippen molar-refractivity contribution >= 4 is 49.2 Å². The minimum atomic E-state index is 0. The molecule has 0 saturated carbocycles. The van der Waals surface area contributed by atoms with Crippen molar-refractivity contribution in [1.29, 1.82) is 0 Å². The first-order valence-electron chi connectivity index (χ1n) is 9.11. The SMILES string of the molecule is BrCC1C[n+]2c(SCc3ccccc3)nc3sc4c(c3c2O1)CCCC4.[Br-]. The number of thiophene rings is 1. The van der Waals surface area contributed by atoms with Crippen molar-refractivity contribution < 1.29 is 26.3 Å². The van der Waals surface area contributed by atoms with E-state index in [-0.39, 0.29) is 23.1 Å². The third kappa shape index (κ3) is 3.68. The standard InChI is InChI=1S/C20H20BrN2OS2.BrH/c21-10-14-11-23-19(24-14)17-15-8-4-5-9-16(15)26-18(17)22-20(23)25-12-13-6-2-1-3-7-13;/h1-3,6-7,14H,4-5,8-12H2;1H/q+1;/p-1. The summed E-state index contributed by atoms with van der Waals surface area (Å²) >= 11 is 7.30. The van der Waals surface area contributed by atoms with Crippen molar-refractivity contribution in [2.75, 3.05) is 5.33 Å². The van der Waals surface area contributed by atoms with E-state index in [9.17, 15) is 0 Å². The molecule has 0 bridgehead atoms. The Morgan fingerprint density at radius 2 is 2.04 bits per heavy atom. The quantitative estimate of drug-likeness (QED) is 0.224. The van der Waals surface area contributed by atoms with Crippen molar-refractivity contribution in [3.05, 3.63) is 46.3 Å². The molecule has 142 valence electrons. The Hall–Kier alpha value is -0.630. The highest BCUT2D eigenvalue weighted by atomic mass is 79.9. The van der Waals surface area contributed by atoms with E-state index in [4.69, 9.17) is 9.72 Å². The molecule has 2 aliphatic rings.